The van der Waals surface area contributed by atoms with Crippen LogP contribution in [0.15, 0.2) is 40.9 Å². The summed E-state index contributed by atoms with van der Waals surface area (Å²) in [5.74, 6) is 1.07. The van der Waals surface area contributed by atoms with E-state index in [2.05, 4.69) is 24.0 Å². The Morgan fingerprint density at radius 3 is 3.00 bits per heavy atom. The molecule has 0 spiro atoms. The molecule has 2 aromatic heterocycles. The van der Waals surface area contributed by atoms with Crippen LogP contribution in [-0.2, 0) is 6.42 Å². The lowest BCUT2D eigenvalue weighted by molar-refractivity contribution is 0.539. The highest BCUT2D eigenvalue weighted by molar-refractivity contribution is 6.01. The molecule has 0 atom stereocenters. The smallest absolute Gasteiger partial charge is 0.145 e. The molecule has 0 amide bonds. The number of rotatable bonds is 3. The van der Waals surface area contributed by atoms with Gasteiger partial charge in [0.1, 0.15) is 11.3 Å². The van der Waals surface area contributed by atoms with Gasteiger partial charge in [0.15, 0.2) is 0 Å². The highest BCUT2D eigenvalue weighted by atomic mass is 16.3. The first-order valence-electron chi connectivity index (χ1n) is 6.14. The van der Waals surface area contributed by atoms with Gasteiger partial charge in [0.05, 0.1) is 5.52 Å². The van der Waals surface area contributed by atoms with Crippen LogP contribution in [-0.4, -0.2) is 4.98 Å². The molecule has 0 saturated carbocycles. The number of hydrogen-bond acceptors (Lipinski definition) is 2. The van der Waals surface area contributed by atoms with Crippen LogP contribution in [0.4, 0.5) is 0 Å². The quantitative estimate of drug-likeness (QED) is 0.663. The molecule has 86 valence electrons. The molecule has 3 aromatic rings. The fourth-order valence-corrected chi connectivity index (χ4v) is 2.16. The fourth-order valence-electron chi connectivity index (χ4n) is 2.16. The van der Waals surface area contributed by atoms with Crippen LogP contribution in [0, 0.1) is 0 Å². The monoisotopic (exact) mass is 225 g/mol. The molecule has 0 saturated heterocycles. The normalized spacial score (nSPS) is 11.4. The molecular formula is C15H15NO. The molecule has 2 heteroatoms. The van der Waals surface area contributed by atoms with Crippen LogP contribution in [0.2, 0.25) is 0 Å². The number of benzene rings is 1. The van der Waals surface area contributed by atoms with Crippen LogP contribution >= 0.6 is 0 Å². The SMILES string of the molecule is CCCCc1cc2cnc3ccccc3c2o1. The molecule has 0 unspecified atom stereocenters. The van der Waals surface area contributed by atoms with Crippen LogP contribution in [0.5, 0.6) is 0 Å². The second-order valence-corrected chi connectivity index (χ2v) is 4.38. The summed E-state index contributed by atoms with van der Waals surface area (Å²) in [4.78, 5) is 4.44. The number of aromatic nitrogens is 1. The molecule has 0 fully saturated rings. The predicted octanol–water partition coefficient (Wildman–Crippen LogP) is 4.32. The van der Waals surface area contributed by atoms with Gasteiger partial charge in [-0.3, -0.25) is 4.98 Å². The predicted molar refractivity (Wildman–Crippen MR) is 70.1 cm³/mol. The Labute approximate surface area is 100 Å². The third-order valence-corrected chi connectivity index (χ3v) is 3.08. The number of nitrogens with zero attached hydrogens (tertiary/aromatic N) is 1. The first kappa shape index (κ1) is 10.3. The first-order valence-corrected chi connectivity index (χ1v) is 6.14. The molecule has 0 aliphatic rings. The van der Waals surface area contributed by atoms with Crippen molar-refractivity contribution in [1.82, 2.24) is 4.98 Å². The van der Waals surface area contributed by atoms with Crippen LogP contribution in [0.1, 0.15) is 25.5 Å². The highest BCUT2D eigenvalue weighted by Crippen LogP contribution is 2.26. The van der Waals surface area contributed by atoms with Crippen molar-refractivity contribution in [2.24, 2.45) is 0 Å². The van der Waals surface area contributed by atoms with Gasteiger partial charge in [-0.25, -0.2) is 0 Å². The van der Waals surface area contributed by atoms with E-state index in [1.807, 2.05) is 24.4 Å². The molecule has 0 aliphatic carbocycles. The van der Waals surface area contributed by atoms with Gasteiger partial charge in [-0.15, -0.1) is 0 Å². The Morgan fingerprint density at radius 1 is 1.24 bits per heavy atom. The van der Waals surface area contributed by atoms with E-state index >= 15 is 0 Å². The van der Waals surface area contributed by atoms with Gasteiger partial charge in [-0.2, -0.15) is 0 Å². The minimum atomic E-state index is 0.974. The Hall–Kier alpha value is -1.83. The average molecular weight is 225 g/mol. The van der Waals surface area contributed by atoms with E-state index in [1.54, 1.807) is 0 Å². The third-order valence-electron chi connectivity index (χ3n) is 3.08. The summed E-state index contributed by atoms with van der Waals surface area (Å²) in [6.07, 6.45) is 5.28. The van der Waals surface area contributed by atoms with Gasteiger partial charge in [0, 0.05) is 23.4 Å². The van der Waals surface area contributed by atoms with E-state index in [1.165, 1.54) is 12.8 Å². The van der Waals surface area contributed by atoms with E-state index in [0.717, 1.165) is 34.1 Å². The number of hydrogen-bond donors (Lipinski definition) is 0. The Bertz CT molecular complexity index is 654. The zero-order chi connectivity index (χ0) is 11.7. The lowest BCUT2D eigenvalue weighted by Gasteiger charge is -1.96. The third kappa shape index (κ3) is 1.80. The standard InChI is InChI=1S/C15H15NO/c1-2-3-6-12-9-11-10-16-14-8-5-4-7-13(14)15(11)17-12/h4-5,7-10H,2-3,6H2,1H3. The van der Waals surface area contributed by atoms with Crippen molar-refractivity contribution < 1.29 is 4.42 Å². The van der Waals surface area contributed by atoms with Gasteiger partial charge in [-0.1, -0.05) is 25.5 Å². The van der Waals surface area contributed by atoms with Crippen molar-refractivity contribution in [2.45, 2.75) is 26.2 Å². The first-order chi connectivity index (χ1) is 8.38. The zero-order valence-corrected chi connectivity index (χ0v) is 9.94. The van der Waals surface area contributed by atoms with Crippen molar-refractivity contribution in [3.63, 3.8) is 0 Å². The molecule has 1 aromatic carbocycles. The van der Waals surface area contributed by atoms with Crippen molar-refractivity contribution in [3.05, 3.63) is 42.3 Å². The van der Waals surface area contributed by atoms with Crippen molar-refractivity contribution in [2.75, 3.05) is 0 Å². The summed E-state index contributed by atoms with van der Waals surface area (Å²) in [7, 11) is 0. The van der Waals surface area contributed by atoms with Crippen molar-refractivity contribution in [3.8, 4) is 0 Å². The minimum absolute atomic E-state index is 0.974. The number of para-hydroxylation sites is 1. The van der Waals surface area contributed by atoms with E-state index in [4.69, 9.17) is 4.42 Å². The lowest BCUT2D eigenvalue weighted by Crippen LogP contribution is -1.78. The number of unbranched alkanes of at least 4 members (excludes halogenated alkanes) is 1. The fraction of sp³-hybridized carbons (Fsp3) is 0.267. The van der Waals surface area contributed by atoms with Gasteiger partial charge in [0.25, 0.3) is 0 Å². The summed E-state index contributed by atoms with van der Waals surface area (Å²) >= 11 is 0. The largest absolute Gasteiger partial charge is 0.460 e. The summed E-state index contributed by atoms with van der Waals surface area (Å²) in [5, 5.41) is 2.21. The van der Waals surface area contributed by atoms with E-state index < -0.39 is 0 Å². The number of fused-ring (bicyclic) bond motifs is 3. The molecule has 0 bridgehead atoms. The topological polar surface area (TPSA) is 26.0 Å². The Kier molecular flexibility index (Phi) is 2.56. The summed E-state index contributed by atoms with van der Waals surface area (Å²) in [5.41, 5.74) is 1.97. The van der Waals surface area contributed by atoms with Crippen LogP contribution in [0.3, 0.4) is 0 Å². The second-order valence-electron chi connectivity index (χ2n) is 4.38. The molecule has 0 N–H and O–H groups in total. The van der Waals surface area contributed by atoms with Crippen LogP contribution in [0.25, 0.3) is 21.9 Å². The molecule has 2 heterocycles. The minimum Gasteiger partial charge on any atom is -0.460 e. The Morgan fingerprint density at radius 2 is 2.12 bits per heavy atom. The van der Waals surface area contributed by atoms with Gasteiger partial charge in [-0.05, 0) is 24.6 Å². The molecule has 3 rings (SSSR count). The van der Waals surface area contributed by atoms with Crippen molar-refractivity contribution in [1.29, 1.82) is 0 Å². The zero-order valence-electron chi connectivity index (χ0n) is 9.94. The maximum absolute atomic E-state index is 5.94. The summed E-state index contributed by atoms with van der Waals surface area (Å²) < 4.78 is 5.94. The molecule has 17 heavy (non-hydrogen) atoms. The number of pyridine rings is 1. The van der Waals surface area contributed by atoms with Gasteiger partial charge >= 0.3 is 0 Å². The molecular weight excluding hydrogens is 210 g/mol. The van der Waals surface area contributed by atoms with Gasteiger partial charge in [0.2, 0.25) is 0 Å². The van der Waals surface area contributed by atoms with E-state index in [-0.39, 0.29) is 0 Å². The van der Waals surface area contributed by atoms with Gasteiger partial charge < -0.3 is 4.42 Å². The van der Waals surface area contributed by atoms with E-state index in [9.17, 15) is 0 Å². The summed E-state index contributed by atoms with van der Waals surface area (Å²) in [6, 6.07) is 10.2. The second kappa shape index (κ2) is 4.21. The average Bonchev–Trinajstić information content (AvgIpc) is 2.79. The maximum atomic E-state index is 5.94. The van der Waals surface area contributed by atoms with Crippen LogP contribution < -0.4 is 0 Å². The number of aryl methyl sites for hydroxylation is 1. The molecule has 2 nitrogen and oxygen atoms in total. The van der Waals surface area contributed by atoms with E-state index in [0.29, 0.717) is 0 Å². The number of furan rings is 1. The maximum Gasteiger partial charge on any atom is 0.145 e. The molecule has 0 radical (unpaired) electrons. The molecule has 0 aliphatic heterocycles. The van der Waals surface area contributed by atoms with Crippen molar-refractivity contribution >= 4 is 21.9 Å². The highest BCUT2D eigenvalue weighted by Gasteiger charge is 2.07. The summed E-state index contributed by atoms with van der Waals surface area (Å²) in [6.45, 7) is 2.19. The Balaban J connectivity index is 2.17. The lowest BCUT2D eigenvalue weighted by atomic mass is 10.1.